The third kappa shape index (κ3) is 3.06. The van der Waals surface area contributed by atoms with E-state index in [-0.39, 0.29) is 5.60 Å². The molecule has 1 aliphatic rings. The first kappa shape index (κ1) is 14.3. The number of nitrogens with one attached hydrogen (secondary N) is 1. The molecule has 1 fully saturated rings. The normalized spacial score (nSPS) is 18.9. The van der Waals surface area contributed by atoms with Crippen LogP contribution in [0, 0.1) is 0 Å². The highest BCUT2D eigenvalue weighted by Gasteiger charge is 2.36. The Bertz CT molecular complexity index is 390. The Morgan fingerprint density at radius 2 is 1.89 bits per heavy atom. The van der Waals surface area contributed by atoms with Gasteiger partial charge in [-0.2, -0.15) is 0 Å². The van der Waals surface area contributed by atoms with Crippen molar-refractivity contribution in [3.8, 4) is 0 Å². The molecule has 1 aliphatic carbocycles. The summed E-state index contributed by atoms with van der Waals surface area (Å²) in [5.41, 5.74) is 0.794. The van der Waals surface area contributed by atoms with Gasteiger partial charge < -0.3 is 10.1 Å². The van der Waals surface area contributed by atoms with Crippen molar-refractivity contribution in [2.75, 3.05) is 19.5 Å². The van der Waals surface area contributed by atoms with Gasteiger partial charge in [-0.05, 0) is 19.3 Å². The van der Waals surface area contributed by atoms with Crippen LogP contribution in [0.4, 0.5) is 5.82 Å². The molecule has 0 saturated heterocycles. The summed E-state index contributed by atoms with van der Waals surface area (Å²) in [7, 11) is 3.70. The molecule has 1 heterocycles. The van der Waals surface area contributed by atoms with E-state index in [2.05, 4.69) is 17.2 Å². The molecule has 0 aromatic carbocycles. The van der Waals surface area contributed by atoms with Crippen LogP contribution in [0.2, 0.25) is 0 Å². The maximum atomic E-state index is 5.89. The Balaban J connectivity index is 2.40. The Kier molecular flexibility index (Phi) is 4.75. The van der Waals surface area contributed by atoms with Gasteiger partial charge in [0.2, 0.25) is 0 Å². The van der Waals surface area contributed by atoms with Crippen LogP contribution in [-0.2, 0) is 16.8 Å². The van der Waals surface area contributed by atoms with E-state index >= 15 is 0 Å². The molecule has 0 spiro atoms. The Morgan fingerprint density at radius 1 is 1.21 bits per heavy atom. The van der Waals surface area contributed by atoms with Crippen LogP contribution < -0.4 is 5.32 Å². The topological polar surface area (TPSA) is 47.0 Å². The molecule has 2 rings (SSSR count). The summed E-state index contributed by atoms with van der Waals surface area (Å²) < 4.78 is 5.89. The molecule has 1 saturated carbocycles. The number of methoxy groups -OCH3 is 1. The standard InChI is InChI=1S/C15H25N3O/c1-4-12-11-13(16-2)18-14(17-12)15(19-3)9-7-5-6-8-10-15/h11H,4-10H2,1-3H3,(H,16,17,18). The minimum Gasteiger partial charge on any atom is -0.373 e. The molecular weight excluding hydrogens is 238 g/mol. The van der Waals surface area contributed by atoms with Crippen molar-refractivity contribution in [3.05, 3.63) is 17.6 Å². The molecule has 1 aromatic heterocycles. The zero-order chi connectivity index (χ0) is 13.7. The average molecular weight is 263 g/mol. The van der Waals surface area contributed by atoms with Gasteiger partial charge in [-0.25, -0.2) is 9.97 Å². The fraction of sp³-hybridized carbons (Fsp3) is 0.733. The lowest BCUT2D eigenvalue weighted by atomic mass is 9.93. The molecule has 0 unspecified atom stereocenters. The largest absolute Gasteiger partial charge is 0.373 e. The first-order valence-corrected chi connectivity index (χ1v) is 7.35. The van der Waals surface area contributed by atoms with E-state index < -0.39 is 0 Å². The number of anilines is 1. The van der Waals surface area contributed by atoms with Crippen LogP contribution in [0.5, 0.6) is 0 Å². The molecule has 106 valence electrons. The van der Waals surface area contributed by atoms with Crippen molar-refractivity contribution in [1.82, 2.24) is 9.97 Å². The zero-order valence-corrected chi connectivity index (χ0v) is 12.3. The molecule has 4 nitrogen and oxygen atoms in total. The van der Waals surface area contributed by atoms with Crippen molar-refractivity contribution in [2.45, 2.75) is 57.5 Å². The summed E-state index contributed by atoms with van der Waals surface area (Å²) in [5, 5.41) is 3.13. The molecule has 1 aromatic rings. The lowest BCUT2D eigenvalue weighted by Gasteiger charge is -2.30. The smallest absolute Gasteiger partial charge is 0.162 e. The second-order valence-corrected chi connectivity index (χ2v) is 5.28. The van der Waals surface area contributed by atoms with E-state index in [4.69, 9.17) is 9.72 Å². The highest BCUT2D eigenvalue weighted by atomic mass is 16.5. The average Bonchev–Trinajstić information content (AvgIpc) is 2.73. The predicted molar refractivity (Wildman–Crippen MR) is 77.3 cm³/mol. The van der Waals surface area contributed by atoms with E-state index in [1.807, 2.05) is 13.1 Å². The SMILES string of the molecule is CCc1cc(NC)nc(C2(OC)CCCCCC2)n1. The molecular formula is C15H25N3O. The Labute approximate surface area is 116 Å². The van der Waals surface area contributed by atoms with Crippen molar-refractivity contribution in [2.24, 2.45) is 0 Å². The number of aromatic nitrogens is 2. The fourth-order valence-electron chi connectivity index (χ4n) is 2.83. The van der Waals surface area contributed by atoms with Gasteiger partial charge in [-0.1, -0.05) is 32.6 Å². The van der Waals surface area contributed by atoms with E-state index in [0.717, 1.165) is 36.6 Å². The van der Waals surface area contributed by atoms with Crippen molar-refractivity contribution in [1.29, 1.82) is 0 Å². The number of ether oxygens (including phenoxy) is 1. The molecule has 19 heavy (non-hydrogen) atoms. The first-order chi connectivity index (χ1) is 9.24. The third-order valence-corrected chi connectivity index (χ3v) is 4.11. The van der Waals surface area contributed by atoms with Crippen LogP contribution in [-0.4, -0.2) is 24.1 Å². The quantitative estimate of drug-likeness (QED) is 0.847. The van der Waals surface area contributed by atoms with Crippen LogP contribution in [0.25, 0.3) is 0 Å². The van der Waals surface area contributed by atoms with Crippen molar-refractivity contribution >= 4 is 5.82 Å². The number of aryl methyl sites for hydroxylation is 1. The van der Waals surface area contributed by atoms with Crippen LogP contribution in [0.3, 0.4) is 0 Å². The second-order valence-electron chi connectivity index (χ2n) is 5.28. The summed E-state index contributed by atoms with van der Waals surface area (Å²) in [5.74, 6) is 1.75. The van der Waals surface area contributed by atoms with E-state index in [9.17, 15) is 0 Å². The highest BCUT2D eigenvalue weighted by molar-refractivity contribution is 5.36. The van der Waals surface area contributed by atoms with Gasteiger partial charge in [0.1, 0.15) is 11.4 Å². The molecule has 0 atom stereocenters. The summed E-state index contributed by atoms with van der Waals surface area (Å²) in [6.07, 6.45) is 7.95. The molecule has 0 aliphatic heterocycles. The molecule has 0 bridgehead atoms. The maximum Gasteiger partial charge on any atom is 0.162 e. The molecule has 1 N–H and O–H groups in total. The van der Waals surface area contributed by atoms with Crippen molar-refractivity contribution < 1.29 is 4.74 Å². The lowest BCUT2D eigenvalue weighted by Crippen LogP contribution is -2.31. The Morgan fingerprint density at radius 3 is 2.42 bits per heavy atom. The Hall–Kier alpha value is -1.16. The van der Waals surface area contributed by atoms with Gasteiger partial charge >= 0.3 is 0 Å². The van der Waals surface area contributed by atoms with Gasteiger partial charge in [0.15, 0.2) is 5.82 Å². The van der Waals surface area contributed by atoms with Gasteiger partial charge in [-0.15, -0.1) is 0 Å². The van der Waals surface area contributed by atoms with Crippen LogP contribution in [0.15, 0.2) is 6.07 Å². The van der Waals surface area contributed by atoms with Gasteiger partial charge in [0.25, 0.3) is 0 Å². The van der Waals surface area contributed by atoms with Crippen LogP contribution in [0.1, 0.15) is 57.0 Å². The second kappa shape index (κ2) is 6.33. The highest BCUT2D eigenvalue weighted by Crippen LogP contribution is 2.37. The van der Waals surface area contributed by atoms with Gasteiger partial charge in [0, 0.05) is 25.9 Å². The summed E-state index contributed by atoms with van der Waals surface area (Å²) in [6.45, 7) is 2.12. The number of hydrogen-bond acceptors (Lipinski definition) is 4. The first-order valence-electron chi connectivity index (χ1n) is 7.35. The lowest BCUT2D eigenvalue weighted by molar-refractivity contribution is -0.0351. The minimum absolute atomic E-state index is 0.284. The summed E-state index contributed by atoms with van der Waals surface area (Å²) in [4.78, 5) is 9.39. The molecule has 0 radical (unpaired) electrons. The number of rotatable bonds is 4. The molecule has 0 amide bonds. The monoisotopic (exact) mass is 263 g/mol. The maximum absolute atomic E-state index is 5.89. The molecule has 4 heteroatoms. The van der Waals surface area contributed by atoms with Gasteiger partial charge in [0.05, 0.1) is 0 Å². The summed E-state index contributed by atoms with van der Waals surface area (Å²) in [6, 6.07) is 2.02. The third-order valence-electron chi connectivity index (χ3n) is 4.11. The predicted octanol–water partition coefficient (Wildman–Crippen LogP) is 3.28. The fourth-order valence-corrected chi connectivity index (χ4v) is 2.83. The van der Waals surface area contributed by atoms with E-state index in [1.54, 1.807) is 7.11 Å². The zero-order valence-electron chi connectivity index (χ0n) is 12.3. The van der Waals surface area contributed by atoms with Crippen LogP contribution >= 0.6 is 0 Å². The minimum atomic E-state index is -0.284. The van der Waals surface area contributed by atoms with E-state index in [0.29, 0.717) is 0 Å². The van der Waals surface area contributed by atoms with Crippen molar-refractivity contribution in [3.63, 3.8) is 0 Å². The summed E-state index contributed by atoms with van der Waals surface area (Å²) >= 11 is 0. The van der Waals surface area contributed by atoms with Gasteiger partial charge in [-0.3, -0.25) is 0 Å². The number of nitrogens with zero attached hydrogens (tertiary/aromatic N) is 2. The van der Waals surface area contributed by atoms with E-state index in [1.165, 1.54) is 25.7 Å². The number of hydrogen-bond donors (Lipinski definition) is 1.